The smallest absolute Gasteiger partial charge is 0.330 e. The Morgan fingerprint density at radius 1 is 1.00 bits per heavy atom. The van der Waals surface area contributed by atoms with Crippen molar-refractivity contribution in [1.82, 2.24) is 0 Å². The molecule has 2 unspecified atom stereocenters. The highest BCUT2D eigenvalue weighted by Crippen LogP contribution is 2.55. The third kappa shape index (κ3) is 6.90. The lowest BCUT2D eigenvalue weighted by atomic mass is 9.77. The minimum Gasteiger partial charge on any atom is -0.506 e. The number of carbonyl (C=O) groups is 3. The van der Waals surface area contributed by atoms with Crippen LogP contribution in [-0.2, 0) is 25.5 Å². The fraction of sp³-hybridized carbons (Fsp3) is 0.564. The number of ketones is 1. The van der Waals surface area contributed by atoms with E-state index < -0.39 is 46.2 Å². The van der Waals surface area contributed by atoms with E-state index in [-0.39, 0.29) is 40.7 Å². The van der Waals surface area contributed by atoms with Gasteiger partial charge in [0.25, 0.3) is 0 Å². The molecule has 1 fully saturated rings. The molecular formula is C39H50O9. The Hall–Kier alpha value is -3.69. The molecule has 0 aliphatic carbocycles. The van der Waals surface area contributed by atoms with Gasteiger partial charge >= 0.3 is 5.97 Å². The van der Waals surface area contributed by atoms with Crippen molar-refractivity contribution in [1.29, 1.82) is 0 Å². The van der Waals surface area contributed by atoms with E-state index in [2.05, 4.69) is 19.9 Å². The van der Waals surface area contributed by atoms with Crippen molar-refractivity contribution < 1.29 is 43.5 Å². The highest BCUT2D eigenvalue weighted by Gasteiger charge is 2.54. The van der Waals surface area contributed by atoms with Crippen molar-refractivity contribution in [3.63, 3.8) is 0 Å². The van der Waals surface area contributed by atoms with Crippen LogP contribution in [0.5, 0.6) is 17.2 Å². The number of aromatic hydroxyl groups is 1. The SMILES string of the molecule is CC(C)=CCC[C@@]1(C)C=Cc2c(O)c3c(c(CC4OC4(C)C)c2O1)O[C@@]1(C)/C(=C\C(C=O)CCC(C)(C)O[C@@H]1C/C=C(/C)C(=O)O)C3=O. The van der Waals surface area contributed by atoms with Crippen LogP contribution in [0.2, 0.25) is 0 Å². The number of fused-ring (bicyclic) bond motifs is 3. The zero-order valence-electron chi connectivity index (χ0n) is 29.7. The number of epoxide rings is 1. The zero-order valence-corrected chi connectivity index (χ0v) is 29.7. The molecule has 0 aromatic heterocycles. The fourth-order valence-corrected chi connectivity index (χ4v) is 6.89. The standard InChI is InChI=1S/C39H50O9/c1-22(2)11-10-16-38(8)18-15-25-31(41)30-32(42)27-19-24(21-40)14-17-36(4,5)45-28(13-12-23(3)35(43)44)39(27,9)48-34(30)26(33(25)47-38)20-29-37(6,7)46-29/h11-12,15,18-19,21,24,28-29,41H,10,13-14,16-17,20H2,1-9H3,(H,43,44)/b23-12-,27-19-/t24?,28-,29?,38+,39+/m1/s1. The molecule has 260 valence electrons. The Morgan fingerprint density at radius 2 is 1.69 bits per heavy atom. The number of carboxylic acids is 1. The Bertz CT molecular complexity index is 1640. The summed E-state index contributed by atoms with van der Waals surface area (Å²) in [5, 5.41) is 21.5. The van der Waals surface area contributed by atoms with E-state index in [0.717, 1.165) is 12.7 Å². The molecule has 4 heterocycles. The zero-order chi connectivity index (χ0) is 35.4. The predicted molar refractivity (Wildman–Crippen MR) is 183 cm³/mol. The summed E-state index contributed by atoms with van der Waals surface area (Å²) in [5.41, 5.74) is -0.736. The predicted octanol–water partition coefficient (Wildman–Crippen LogP) is 7.48. The number of Topliss-reactive ketones (excluding diaryl/α,β-unsaturated/α-hetero) is 1. The molecule has 1 aromatic rings. The second kappa shape index (κ2) is 12.6. The van der Waals surface area contributed by atoms with E-state index in [1.54, 1.807) is 19.1 Å². The number of ether oxygens (including phenoxy) is 4. The average Bonchev–Trinajstić information content (AvgIpc) is 3.59. The van der Waals surface area contributed by atoms with Gasteiger partial charge in [-0.2, -0.15) is 0 Å². The van der Waals surface area contributed by atoms with E-state index in [1.807, 2.05) is 46.8 Å². The lowest BCUT2D eigenvalue weighted by molar-refractivity contribution is -0.137. The number of phenolic OH excluding ortho intramolecular Hbond substituents is 1. The quantitative estimate of drug-likeness (QED) is 0.120. The molecule has 0 saturated carbocycles. The van der Waals surface area contributed by atoms with Crippen LogP contribution >= 0.6 is 0 Å². The summed E-state index contributed by atoms with van der Waals surface area (Å²) < 4.78 is 26.5. The minimum atomic E-state index is -1.46. The van der Waals surface area contributed by atoms with Crippen LogP contribution in [-0.4, -0.2) is 62.9 Å². The van der Waals surface area contributed by atoms with Crippen LogP contribution in [0.15, 0.2) is 41.0 Å². The van der Waals surface area contributed by atoms with E-state index in [0.29, 0.717) is 42.6 Å². The number of aldehydes is 1. The van der Waals surface area contributed by atoms with Crippen LogP contribution in [0, 0.1) is 5.92 Å². The highest BCUT2D eigenvalue weighted by molar-refractivity contribution is 6.16. The molecule has 2 N–H and O–H groups in total. The molecule has 0 bridgehead atoms. The summed E-state index contributed by atoms with van der Waals surface area (Å²) in [6, 6.07) is 0. The Morgan fingerprint density at radius 3 is 2.29 bits per heavy atom. The minimum absolute atomic E-state index is 0.00601. The first-order valence-corrected chi connectivity index (χ1v) is 16.9. The van der Waals surface area contributed by atoms with Crippen LogP contribution in [0.4, 0.5) is 0 Å². The molecule has 4 aliphatic rings. The van der Waals surface area contributed by atoms with E-state index in [4.69, 9.17) is 18.9 Å². The molecule has 1 saturated heterocycles. The monoisotopic (exact) mass is 662 g/mol. The molecule has 1 aromatic carbocycles. The highest BCUT2D eigenvalue weighted by atomic mass is 16.6. The number of carboxylic acid groups (broad SMARTS) is 1. The van der Waals surface area contributed by atoms with Gasteiger partial charge < -0.3 is 34.0 Å². The van der Waals surface area contributed by atoms with Crippen molar-refractivity contribution in [2.45, 2.75) is 135 Å². The number of aliphatic carboxylic acids is 1. The van der Waals surface area contributed by atoms with E-state index >= 15 is 0 Å². The number of rotatable bonds is 9. The molecule has 5 atom stereocenters. The van der Waals surface area contributed by atoms with Crippen LogP contribution in [0.25, 0.3) is 6.08 Å². The van der Waals surface area contributed by atoms with Crippen molar-refractivity contribution in [3.8, 4) is 17.2 Å². The number of phenols is 1. The summed E-state index contributed by atoms with van der Waals surface area (Å²) in [4.78, 5) is 38.9. The number of carbonyl (C=O) groups excluding carboxylic acids is 2. The van der Waals surface area contributed by atoms with Gasteiger partial charge in [0.15, 0.2) is 11.4 Å². The van der Waals surface area contributed by atoms with Gasteiger partial charge in [0.05, 0.1) is 22.9 Å². The summed E-state index contributed by atoms with van der Waals surface area (Å²) in [6.07, 6.45) is 11.8. The third-order valence-electron chi connectivity index (χ3n) is 10.2. The maximum absolute atomic E-state index is 14.8. The lowest BCUT2D eigenvalue weighted by Crippen LogP contribution is -2.54. The Kier molecular flexibility index (Phi) is 9.38. The molecule has 9 heteroatoms. The average molecular weight is 663 g/mol. The summed E-state index contributed by atoms with van der Waals surface area (Å²) in [7, 11) is 0. The molecule has 0 radical (unpaired) electrons. The molecule has 9 nitrogen and oxygen atoms in total. The maximum Gasteiger partial charge on any atom is 0.330 e. The van der Waals surface area contributed by atoms with Crippen molar-refractivity contribution in [2.75, 3.05) is 0 Å². The van der Waals surface area contributed by atoms with Crippen molar-refractivity contribution in [3.05, 3.63) is 57.7 Å². The molecule has 0 spiro atoms. The Labute approximate surface area is 283 Å². The van der Waals surface area contributed by atoms with Gasteiger partial charge in [-0.3, -0.25) is 4.79 Å². The second-order valence-corrected chi connectivity index (χ2v) is 15.5. The first-order chi connectivity index (χ1) is 22.3. The van der Waals surface area contributed by atoms with Gasteiger partial charge in [-0.25, -0.2) is 4.79 Å². The van der Waals surface area contributed by atoms with Gasteiger partial charge in [0, 0.05) is 29.0 Å². The van der Waals surface area contributed by atoms with Gasteiger partial charge in [0.2, 0.25) is 0 Å². The Balaban J connectivity index is 1.73. The van der Waals surface area contributed by atoms with Crippen LogP contribution in [0.3, 0.4) is 0 Å². The molecule has 48 heavy (non-hydrogen) atoms. The third-order valence-corrected chi connectivity index (χ3v) is 10.2. The summed E-state index contributed by atoms with van der Waals surface area (Å²) >= 11 is 0. The molecular weight excluding hydrogens is 612 g/mol. The van der Waals surface area contributed by atoms with Crippen LogP contribution < -0.4 is 9.47 Å². The second-order valence-electron chi connectivity index (χ2n) is 15.5. The summed E-state index contributed by atoms with van der Waals surface area (Å²) in [5.74, 6) is -1.75. The topological polar surface area (TPSA) is 132 Å². The van der Waals surface area contributed by atoms with Gasteiger partial charge in [-0.05, 0) is 107 Å². The fourth-order valence-electron chi connectivity index (χ4n) is 6.89. The first-order valence-electron chi connectivity index (χ1n) is 16.9. The molecule has 4 aliphatic heterocycles. The lowest BCUT2D eigenvalue weighted by Gasteiger charge is -2.45. The van der Waals surface area contributed by atoms with E-state index in [1.165, 1.54) is 12.5 Å². The van der Waals surface area contributed by atoms with E-state index in [9.17, 15) is 24.6 Å². The molecule has 5 rings (SSSR count). The number of hydrogen-bond acceptors (Lipinski definition) is 8. The number of benzene rings is 1. The van der Waals surface area contributed by atoms with Gasteiger partial charge in [-0.1, -0.05) is 23.8 Å². The van der Waals surface area contributed by atoms with Gasteiger partial charge in [-0.15, -0.1) is 0 Å². The first kappa shape index (κ1) is 35.6. The summed E-state index contributed by atoms with van der Waals surface area (Å²) in [6.45, 7) is 17.2. The normalized spacial score (nSPS) is 31.2. The van der Waals surface area contributed by atoms with Crippen molar-refractivity contribution >= 4 is 24.1 Å². The van der Waals surface area contributed by atoms with Crippen LogP contribution in [0.1, 0.15) is 116 Å². The molecule has 0 amide bonds. The largest absolute Gasteiger partial charge is 0.506 e. The number of allylic oxidation sites excluding steroid dienone is 3. The van der Waals surface area contributed by atoms with Gasteiger partial charge in [0.1, 0.15) is 40.8 Å². The number of hydrogen-bond donors (Lipinski definition) is 2. The van der Waals surface area contributed by atoms with Crippen molar-refractivity contribution in [2.24, 2.45) is 5.92 Å². The maximum atomic E-state index is 14.8.